The highest BCUT2D eigenvalue weighted by molar-refractivity contribution is 5.81. The summed E-state index contributed by atoms with van der Waals surface area (Å²) >= 11 is 0. The van der Waals surface area contributed by atoms with Crippen molar-refractivity contribution in [2.75, 3.05) is 6.54 Å². The third-order valence-electron chi connectivity index (χ3n) is 4.87. The average Bonchev–Trinajstić information content (AvgIpc) is 3.05. The number of carboxylic acid groups (broad SMARTS) is 1. The Bertz CT molecular complexity index is 741. The number of alkyl carbamates (subject to hydrolysis) is 1. The summed E-state index contributed by atoms with van der Waals surface area (Å²) < 4.78 is 10.6. The number of hydrogen-bond donors (Lipinski definition) is 2. The molecule has 1 aliphatic heterocycles. The summed E-state index contributed by atoms with van der Waals surface area (Å²) in [7, 11) is 0. The van der Waals surface area contributed by atoms with Crippen molar-refractivity contribution in [1.82, 2.24) is 10.2 Å². The molecule has 1 saturated heterocycles. The highest BCUT2D eigenvalue weighted by atomic mass is 16.6. The van der Waals surface area contributed by atoms with Crippen molar-refractivity contribution in [3.63, 3.8) is 0 Å². The maximum absolute atomic E-state index is 12.5. The summed E-state index contributed by atoms with van der Waals surface area (Å²) in [6.07, 6.45) is -1.06. The van der Waals surface area contributed by atoms with Crippen LogP contribution in [0.25, 0.3) is 0 Å². The Kier molecular flexibility index (Phi) is 6.77. The van der Waals surface area contributed by atoms with Crippen LogP contribution < -0.4 is 5.32 Å². The van der Waals surface area contributed by atoms with Gasteiger partial charge in [-0.25, -0.2) is 14.4 Å². The number of nitrogens with one attached hydrogen (secondary N) is 1. The van der Waals surface area contributed by atoms with E-state index in [1.165, 1.54) is 4.90 Å². The zero-order chi connectivity index (χ0) is 21.8. The fourth-order valence-corrected chi connectivity index (χ4v) is 3.27. The summed E-state index contributed by atoms with van der Waals surface area (Å²) in [4.78, 5) is 37.6. The quantitative estimate of drug-likeness (QED) is 0.776. The van der Waals surface area contributed by atoms with Gasteiger partial charge in [0.1, 0.15) is 18.2 Å². The van der Waals surface area contributed by atoms with Gasteiger partial charge in [-0.15, -0.1) is 0 Å². The number of carboxylic acids is 1. The van der Waals surface area contributed by atoms with E-state index in [9.17, 15) is 19.5 Å². The third-order valence-corrected chi connectivity index (χ3v) is 4.87. The molecule has 0 saturated carbocycles. The minimum Gasteiger partial charge on any atom is -0.480 e. The zero-order valence-corrected chi connectivity index (χ0v) is 17.6. The maximum atomic E-state index is 12.5. The Morgan fingerprint density at radius 1 is 1.14 bits per heavy atom. The van der Waals surface area contributed by atoms with E-state index < -0.39 is 35.3 Å². The first-order chi connectivity index (χ1) is 13.4. The smallest absolute Gasteiger partial charge is 0.410 e. The van der Waals surface area contributed by atoms with Crippen LogP contribution in [0.15, 0.2) is 30.3 Å². The number of carbonyl (C=O) groups is 3. The second kappa shape index (κ2) is 8.71. The summed E-state index contributed by atoms with van der Waals surface area (Å²) in [6, 6.07) is 8.16. The van der Waals surface area contributed by atoms with Crippen molar-refractivity contribution in [3.05, 3.63) is 35.9 Å². The van der Waals surface area contributed by atoms with Crippen molar-refractivity contribution >= 4 is 18.2 Å². The molecule has 1 aromatic rings. The lowest BCUT2D eigenvalue weighted by Crippen LogP contribution is -2.51. The molecule has 160 valence electrons. The number of hydrogen-bond acceptors (Lipinski definition) is 5. The van der Waals surface area contributed by atoms with Gasteiger partial charge in [-0.05, 0) is 46.6 Å². The fourth-order valence-electron chi connectivity index (χ4n) is 3.27. The van der Waals surface area contributed by atoms with Crippen molar-refractivity contribution in [1.29, 1.82) is 0 Å². The van der Waals surface area contributed by atoms with Crippen LogP contribution in [0.4, 0.5) is 9.59 Å². The number of aliphatic carboxylic acids is 1. The minimum atomic E-state index is -1.10. The number of amides is 2. The molecule has 0 aromatic heterocycles. The maximum Gasteiger partial charge on any atom is 0.410 e. The van der Waals surface area contributed by atoms with Crippen LogP contribution >= 0.6 is 0 Å². The van der Waals surface area contributed by atoms with E-state index in [-0.39, 0.29) is 25.5 Å². The predicted octanol–water partition coefficient (Wildman–Crippen LogP) is 3.40. The van der Waals surface area contributed by atoms with Gasteiger partial charge < -0.3 is 19.9 Å². The van der Waals surface area contributed by atoms with Gasteiger partial charge in [0, 0.05) is 18.0 Å². The molecule has 29 heavy (non-hydrogen) atoms. The summed E-state index contributed by atoms with van der Waals surface area (Å²) in [6.45, 7) is 9.10. The van der Waals surface area contributed by atoms with Crippen LogP contribution in [-0.4, -0.2) is 51.9 Å². The van der Waals surface area contributed by atoms with E-state index in [1.54, 1.807) is 34.6 Å². The first-order valence-corrected chi connectivity index (χ1v) is 9.60. The van der Waals surface area contributed by atoms with E-state index in [1.807, 2.05) is 30.3 Å². The second-order valence-corrected chi connectivity index (χ2v) is 8.83. The van der Waals surface area contributed by atoms with Crippen LogP contribution in [-0.2, 0) is 20.9 Å². The number of likely N-dealkylation sites (tertiary alicyclic amines) is 1. The molecule has 0 unspecified atom stereocenters. The van der Waals surface area contributed by atoms with Crippen molar-refractivity contribution in [3.8, 4) is 0 Å². The number of carbonyl (C=O) groups excluding carboxylic acids is 2. The van der Waals surface area contributed by atoms with Gasteiger partial charge in [0.2, 0.25) is 0 Å². The fraction of sp³-hybridized carbons (Fsp3) is 0.571. The molecule has 2 atom stereocenters. The molecule has 0 aliphatic carbocycles. The first-order valence-electron chi connectivity index (χ1n) is 9.60. The van der Waals surface area contributed by atoms with E-state index in [4.69, 9.17) is 9.47 Å². The number of nitrogens with zero attached hydrogens (tertiary/aromatic N) is 1. The molecule has 1 aromatic carbocycles. The Labute approximate surface area is 171 Å². The summed E-state index contributed by atoms with van der Waals surface area (Å²) in [5.41, 5.74) is -0.604. The van der Waals surface area contributed by atoms with Gasteiger partial charge in [0.15, 0.2) is 0 Å². The SMILES string of the molecule is CC(C)(C)OC(=O)NC(C)(C)[C@H]1C[C@@H](C(=O)O)N(C(=O)OCc2ccccc2)C1. The van der Waals surface area contributed by atoms with Crippen LogP contribution in [0.1, 0.15) is 46.6 Å². The first kappa shape index (κ1) is 22.5. The molecule has 0 spiro atoms. The molecule has 1 fully saturated rings. The number of ether oxygens (including phenoxy) is 2. The van der Waals surface area contributed by atoms with E-state index in [0.717, 1.165) is 5.56 Å². The lowest BCUT2D eigenvalue weighted by molar-refractivity contribution is -0.141. The second-order valence-electron chi connectivity index (χ2n) is 8.83. The molecular formula is C21H30N2O6. The predicted molar refractivity (Wildman–Crippen MR) is 106 cm³/mol. The molecule has 2 amide bonds. The number of rotatable bonds is 5. The number of benzene rings is 1. The topological polar surface area (TPSA) is 105 Å². The van der Waals surface area contributed by atoms with Crippen molar-refractivity contribution in [2.45, 2.75) is 64.8 Å². The molecule has 8 nitrogen and oxygen atoms in total. The largest absolute Gasteiger partial charge is 0.480 e. The van der Waals surface area contributed by atoms with Crippen molar-refractivity contribution in [2.24, 2.45) is 5.92 Å². The van der Waals surface area contributed by atoms with E-state index >= 15 is 0 Å². The Balaban J connectivity index is 2.04. The average molecular weight is 406 g/mol. The van der Waals surface area contributed by atoms with Gasteiger partial charge in [-0.2, -0.15) is 0 Å². The van der Waals surface area contributed by atoms with Crippen LogP contribution in [0, 0.1) is 5.92 Å². The summed E-state index contributed by atoms with van der Waals surface area (Å²) in [5.74, 6) is -1.38. The lowest BCUT2D eigenvalue weighted by atomic mass is 9.85. The van der Waals surface area contributed by atoms with Gasteiger partial charge in [0.05, 0.1) is 0 Å². The third kappa shape index (κ3) is 6.37. The van der Waals surface area contributed by atoms with E-state index in [2.05, 4.69) is 5.32 Å². The minimum absolute atomic E-state index is 0.0622. The van der Waals surface area contributed by atoms with Crippen LogP contribution in [0.5, 0.6) is 0 Å². The molecule has 0 radical (unpaired) electrons. The normalized spacial score (nSPS) is 19.6. The molecule has 1 heterocycles. The van der Waals surface area contributed by atoms with Gasteiger partial charge in [0.25, 0.3) is 0 Å². The lowest BCUT2D eigenvalue weighted by Gasteiger charge is -2.33. The van der Waals surface area contributed by atoms with E-state index in [0.29, 0.717) is 0 Å². The molecule has 0 bridgehead atoms. The molecule has 2 N–H and O–H groups in total. The molecule has 2 rings (SSSR count). The summed E-state index contributed by atoms with van der Waals surface area (Å²) in [5, 5.41) is 12.4. The standard InChI is InChI=1S/C21H30N2O6/c1-20(2,3)29-18(26)22-21(4,5)15-11-16(17(24)25)23(12-15)19(27)28-13-14-9-7-6-8-10-14/h6-10,15-16H,11-13H2,1-5H3,(H,22,26)(H,24,25)/t15-,16-/m0/s1. The molecular weight excluding hydrogens is 376 g/mol. The highest BCUT2D eigenvalue weighted by Crippen LogP contribution is 2.32. The molecule has 8 heteroatoms. The Hall–Kier alpha value is -2.77. The van der Waals surface area contributed by atoms with Crippen LogP contribution in [0.3, 0.4) is 0 Å². The highest BCUT2D eigenvalue weighted by Gasteiger charge is 2.47. The Morgan fingerprint density at radius 3 is 2.31 bits per heavy atom. The van der Waals surface area contributed by atoms with Crippen molar-refractivity contribution < 1.29 is 29.0 Å². The molecule has 1 aliphatic rings. The van der Waals surface area contributed by atoms with Crippen LogP contribution in [0.2, 0.25) is 0 Å². The van der Waals surface area contributed by atoms with Gasteiger partial charge >= 0.3 is 18.2 Å². The Morgan fingerprint density at radius 2 is 1.76 bits per heavy atom. The monoisotopic (exact) mass is 406 g/mol. The van der Waals surface area contributed by atoms with Gasteiger partial charge in [-0.1, -0.05) is 30.3 Å². The zero-order valence-electron chi connectivity index (χ0n) is 17.6. The van der Waals surface area contributed by atoms with Gasteiger partial charge in [-0.3, -0.25) is 4.90 Å².